The zero-order chi connectivity index (χ0) is 20.4. The maximum atomic E-state index is 12.5. The van der Waals surface area contributed by atoms with Gasteiger partial charge in [-0.05, 0) is 49.6 Å². The molecule has 3 aromatic heterocycles. The molecule has 29 heavy (non-hydrogen) atoms. The van der Waals surface area contributed by atoms with Crippen LogP contribution in [0.1, 0.15) is 35.2 Å². The van der Waals surface area contributed by atoms with Crippen molar-refractivity contribution in [2.75, 3.05) is 11.1 Å². The molecule has 0 aromatic carbocycles. The van der Waals surface area contributed by atoms with Crippen LogP contribution >= 0.6 is 0 Å². The lowest BCUT2D eigenvalue weighted by atomic mass is 10.0. The molecule has 0 bridgehead atoms. The third-order valence-electron chi connectivity index (χ3n) is 4.97. The number of nitrogens with zero attached hydrogens (tertiary/aromatic N) is 3. The first-order chi connectivity index (χ1) is 14.0. The number of amides is 2. The van der Waals surface area contributed by atoms with Gasteiger partial charge in [-0.15, -0.1) is 0 Å². The lowest BCUT2D eigenvalue weighted by Crippen LogP contribution is -2.38. The number of anilines is 2. The summed E-state index contributed by atoms with van der Waals surface area (Å²) in [6.07, 6.45) is 8.34. The van der Waals surface area contributed by atoms with Gasteiger partial charge in [-0.1, -0.05) is 0 Å². The zero-order valence-electron chi connectivity index (χ0n) is 15.9. The summed E-state index contributed by atoms with van der Waals surface area (Å²) in [5, 5.41) is 14.1. The minimum atomic E-state index is -0.348. The van der Waals surface area contributed by atoms with Gasteiger partial charge in [0.25, 0.3) is 0 Å². The second-order valence-electron chi connectivity index (χ2n) is 7.11. The highest BCUT2D eigenvalue weighted by molar-refractivity contribution is 6.13. The number of carbonyl (C=O) groups excluding carboxylic acids is 1. The molecule has 1 fully saturated rings. The average Bonchev–Trinajstić information content (AvgIpc) is 3.49. The van der Waals surface area contributed by atoms with E-state index < -0.39 is 0 Å². The van der Waals surface area contributed by atoms with Crippen molar-refractivity contribution in [3.63, 3.8) is 0 Å². The summed E-state index contributed by atoms with van der Waals surface area (Å²) in [4.78, 5) is 24.9. The predicted molar refractivity (Wildman–Crippen MR) is 111 cm³/mol. The van der Waals surface area contributed by atoms with Crippen molar-refractivity contribution in [2.45, 2.75) is 25.3 Å². The van der Waals surface area contributed by atoms with Gasteiger partial charge in [0.05, 0.1) is 11.3 Å². The smallest absolute Gasteiger partial charge is 0.321 e. The van der Waals surface area contributed by atoms with Gasteiger partial charge in [0.1, 0.15) is 5.82 Å². The Morgan fingerprint density at radius 3 is 2.55 bits per heavy atom. The fraction of sp³-hybridized carbons (Fsp3) is 0.190. The third kappa shape index (κ3) is 3.91. The number of urea groups is 1. The van der Waals surface area contributed by atoms with E-state index in [0.29, 0.717) is 22.6 Å². The molecule has 5 N–H and O–H groups in total. The first-order valence-corrected chi connectivity index (χ1v) is 9.24. The van der Waals surface area contributed by atoms with Crippen LogP contribution < -0.4 is 16.4 Å². The Bertz CT molecular complexity index is 1080. The van der Waals surface area contributed by atoms with E-state index in [2.05, 4.69) is 25.6 Å². The summed E-state index contributed by atoms with van der Waals surface area (Å²) in [6.45, 7) is 1.86. The molecule has 0 aliphatic heterocycles. The van der Waals surface area contributed by atoms with Crippen molar-refractivity contribution < 1.29 is 4.79 Å². The molecule has 8 heteroatoms. The van der Waals surface area contributed by atoms with Gasteiger partial charge in [0, 0.05) is 53.4 Å². The fourth-order valence-corrected chi connectivity index (χ4v) is 3.25. The average molecular weight is 387 g/mol. The molecule has 0 radical (unpaired) electrons. The maximum Gasteiger partial charge on any atom is 0.321 e. The number of aryl methyl sites for hydroxylation is 1. The van der Waals surface area contributed by atoms with Crippen LogP contribution in [0, 0.1) is 12.3 Å². The highest BCUT2D eigenvalue weighted by Gasteiger charge is 2.45. The van der Waals surface area contributed by atoms with Crippen LogP contribution in [0.2, 0.25) is 0 Å². The topological polar surface area (TPSA) is 130 Å². The highest BCUT2D eigenvalue weighted by Crippen LogP contribution is 2.45. The van der Waals surface area contributed by atoms with E-state index in [1.165, 1.54) is 6.20 Å². The van der Waals surface area contributed by atoms with Crippen molar-refractivity contribution in [1.29, 1.82) is 5.41 Å². The first kappa shape index (κ1) is 18.5. The van der Waals surface area contributed by atoms with Gasteiger partial charge < -0.3 is 11.1 Å². The Hall–Kier alpha value is -3.81. The summed E-state index contributed by atoms with van der Waals surface area (Å²) in [6, 6.07) is 8.59. The third-order valence-corrected chi connectivity index (χ3v) is 4.97. The molecule has 2 amide bonds. The SMILES string of the molecule is Cc1cc(C(=N)c2cnc(NC(=O)NC3(c4ccncc4)CC3)cc2N)ccn1. The van der Waals surface area contributed by atoms with Crippen LogP contribution in [-0.4, -0.2) is 26.7 Å². The van der Waals surface area contributed by atoms with E-state index in [1.807, 2.05) is 25.1 Å². The Balaban J connectivity index is 1.46. The molecular formula is C21H21N7O. The van der Waals surface area contributed by atoms with Gasteiger partial charge in [0.15, 0.2) is 0 Å². The van der Waals surface area contributed by atoms with Crippen LogP contribution in [0.5, 0.6) is 0 Å². The number of nitrogens with two attached hydrogens (primary N) is 1. The van der Waals surface area contributed by atoms with Crippen LogP contribution in [0.25, 0.3) is 0 Å². The molecular weight excluding hydrogens is 366 g/mol. The summed E-state index contributed by atoms with van der Waals surface area (Å²) in [5.41, 5.74) is 9.46. The fourth-order valence-electron chi connectivity index (χ4n) is 3.25. The Kier molecular flexibility index (Phi) is 4.67. The van der Waals surface area contributed by atoms with E-state index in [0.717, 1.165) is 24.1 Å². The van der Waals surface area contributed by atoms with Crippen LogP contribution in [0.4, 0.5) is 16.3 Å². The highest BCUT2D eigenvalue weighted by atomic mass is 16.2. The lowest BCUT2D eigenvalue weighted by Gasteiger charge is -2.18. The lowest BCUT2D eigenvalue weighted by molar-refractivity contribution is 0.247. The minimum absolute atomic E-state index is 0.256. The largest absolute Gasteiger partial charge is 0.398 e. The normalized spacial score (nSPS) is 14.1. The number of nitrogens with one attached hydrogen (secondary N) is 3. The number of pyridine rings is 3. The summed E-state index contributed by atoms with van der Waals surface area (Å²) < 4.78 is 0. The Morgan fingerprint density at radius 1 is 1.14 bits per heavy atom. The van der Waals surface area contributed by atoms with Crippen LogP contribution in [-0.2, 0) is 5.54 Å². The number of hydrogen-bond donors (Lipinski definition) is 4. The van der Waals surface area contributed by atoms with E-state index in [4.69, 9.17) is 11.1 Å². The van der Waals surface area contributed by atoms with Crippen molar-refractivity contribution in [2.24, 2.45) is 0 Å². The molecule has 0 spiro atoms. The number of carbonyl (C=O) groups is 1. The molecule has 0 saturated heterocycles. The zero-order valence-corrected chi connectivity index (χ0v) is 15.9. The van der Waals surface area contributed by atoms with E-state index in [1.54, 1.807) is 30.7 Å². The number of aromatic nitrogens is 3. The van der Waals surface area contributed by atoms with E-state index in [9.17, 15) is 4.79 Å². The van der Waals surface area contributed by atoms with Gasteiger partial charge >= 0.3 is 6.03 Å². The van der Waals surface area contributed by atoms with E-state index >= 15 is 0 Å². The van der Waals surface area contributed by atoms with Crippen molar-refractivity contribution in [1.82, 2.24) is 20.3 Å². The Labute approximate surface area is 168 Å². The number of nitrogen functional groups attached to an aromatic ring is 1. The van der Waals surface area contributed by atoms with Gasteiger partial charge in [0.2, 0.25) is 0 Å². The quantitative estimate of drug-likeness (QED) is 0.500. The van der Waals surface area contributed by atoms with Crippen molar-refractivity contribution in [3.05, 3.63) is 77.5 Å². The standard InChI is InChI=1S/C21H21N7O/c1-13-10-14(2-9-25-13)19(23)16-12-26-18(11-17(16)22)27-20(29)28-21(5-6-21)15-3-7-24-8-4-15/h2-4,7-12,23H,5-6H2,1H3,(H4,22,26,27,28,29). The second kappa shape index (κ2) is 7.31. The Morgan fingerprint density at radius 2 is 1.90 bits per heavy atom. The van der Waals surface area contributed by atoms with Gasteiger partial charge in [-0.3, -0.25) is 20.7 Å². The summed E-state index contributed by atoms with van der Waals surface area (Å²) >= 11 is 0. The molecule has 1 saturated carbocycles. The first-order valence-electron chi connectivity index (χ1n) is 9.24. The van der Waals surface area contributed by atoms with Crippen LogP contribution in [0.15, 0.2) is 55.1 Å². The summed E-state index contributed by atoms with van der Waals surface area (Å²) in [7, 11) is 0. The molecule has 4 rings (SSSR count). The molecule has 8 nitrogen and oxygen atoms in total. The van der Waals surface area contributed by atoms with Gasteiger partial charge in [-0.2, -0.15) is 0 Å². The van der Waals surface area contributed by atoms with E-state index in [-0.39, 0.29) is 17.3 Å². The van der Waals surface area contributed by atoms with Crippen LogP contribution in [0.3, 0.4) is 0 Å². The number of rotatable bonds is 5. The van der Waals surface area contributed by atoms with Gasteiger partial charge in [-0.25, -0.2) is 9.78 Å². The monoisotopic (exact) mass is 387 g/mol. The van der Waals surface area contributed by atoms with Crippen molar-refractivity contribution >= 4 is 23.2 Å². The molecule has 0 atom stereocenters. The second-order valence-corrected chi connectivity index (χ2v) is 7.11. The van der Waals surface area contributed by atoms with Crippen molar-refractivity contribution in [3.8, 4) is 0 Å². The molecule has 1 aliphatic rings. The molecule has 146 valence electrons. The summed E-state index contributed by atoms with van der Waals surface area (Å²) in [5.74, 6) is 0.327. The minimum Gasteiger partial charge on any atom is -0.398 e. The number of hydrogen-bond acceptors (Lipinski definition) is 6. The molecule has 3 heterocycles. The predicted octanol–water partition coefficient (Wildman–Crippen LogP) is 2.99. The molecule has 1 aliphatic carbocycles. The maximum absolute atomic E-state index is 12.5. The molecule has 3 aromatic rings. The molecule has 0 unspecified atom stereocenters.